The van der Waals surface area contributed by atoms with Crippen LogP contribution in [0.25, 0.3) is 0 Å². The first-order chi connectivity index (χ1) is 5.70. The van der Waals surface area contributed by atoms with E-state index in [1.807, 2.05) is 0 Å². The summed E-state index contributed by atoms with van der Waals surface area (Å²) in [6.07, 6.45) is 5.98. The molecule has 0 amide bonds. The van der Waals surface area contributed by atoms with Crippen LogP contribution < -0.4 is 0 Å². The largest absolute Gasteiger partial charge is 0.265 e. The lowest BCUT2D eigenvalue weighted by molar-refractivity contribution is -0.480. The van der Waals surface area contributed by atoms with Crippen molar-refractivity contribution < 1.29 is 4.92 Å². The van der Waals surface area contributed by atoms with Gasteiger partial charge in [0, 0.05) is 4.92 Å². The number of hydrogen-bond donors (Lipinski definition) is 1. The third kappa shape index (κ3) is 3.01. The predicted octanol–water partition coefficient (Wildman–Crippen LogP) is 2.14. The van der Waals surface area contributed by atoms with Crippen LogP contribution in [-0.2, 0) is 0 Å². The van der Waals surface area contributed by atoms with Crippen LogP contribution in [0.3, 0.4) is 0 Å². The van der Waals surface area contributed by atoms with Crippen LogP contribution in [0.2, 0.25) is 0 Å². The van der Waals surface area contributed by atoms with Gasteiger partial charge in [-0.15, -0.1) is 0 Å². The van der Waals surface area contributed by atoms with E-state index < -0.39 is 0 Å². The zero-order valence-corrected chi connectivity index (χ0v) is 8.00. The highest BCUT2D eigenvalue weighted by Crippen LogP contribution is 2.28. The fourth-order valence-corrected chi connectivity index (χ4v) is 2.25. The standard InChI is InChI=1S/C8H15NO2S/c10-9(11)6-8(12)7-4-2-1-3-5-7/h7-8,12H,1-6H2. The average molecular weight is 189 g/mol. The van der Waals surface area contributed by atoms with Gasteiger partial charge < -0.3 is 0 Å². The molecule has 0 aromatic rings. The fourth-order valence-electron chi connectivity index (χ4n) is 1.82. The molecule has 0 aromatic heterocycles. The fraction of sp³-hybridized carbons (Fsp3) is 1.00. The first-order valence-corrected chi connectivity index (χ1v) is 5.01. The number of nitro groups is 1. The summed E-state index contributed by atoms with van der Waals surface area (Å²) < 4.78 is 0. The molecule has 0 bridgehead atoms. The van der Waals surface area contributed by atoms with Gasteiger partial charge in [0.2, 0.25) is 6.54 Å². The van der Waals surface area contributed by atoms with Gasteiger partial charge in [-0.3, -0.25) is 10.1 Å². The van der Waals surface area contributed by atoms with Crippen LogP contribution in [0.5, 0.6) is 0 Å². The average Bonchev–Trinajstić information content (AvgIpc) is 2.05. The van der Waals surface area contributed by atoms with E-state index in [-0.39, 0.29) is 16.7 Å². The van der Waals surface area contributed by atoms with Crippen molar-refractivity contribution in [1.82, 2.24) is 0 Å². The summed E-state index contributed by atoms with van der Waals surface area (Å²) in [6, 6.07) is 0. The summed E-state index contributed by atoms with van der Waals surface area (Å²) in [5.74, 6) is 0.479. The Morgan fingerprint density at radius 1 is 1.42 bits per heavy atom. The number of nitrogens with zero attached hydrogens (tertiary/aromatic N) is 1. The normalized spacial score (nSPS) is 22.1. The first kappa shape index (κ1) is 9.84. The maximum atomic E-state index is 10.2. The highest BCUT2D eigenvalue weighted by Gasteiger charge is 2.24. The van der Waals surface area contributed by atoms with E-state index in [0.29, 0.717) is 5.92 Å². The summed E-state index contributed by atoms with van der Waals surface area (Å²) in [5, 5.41) is 10.2. The Morgan fingerprint density at radius 3 is 2.50 bits per heavy atom. The monoisotopic (exact) mass is 189 g/mol. The molecule has 12 heavy (non-hydrogen) atoms. The summed E-state index contributed by atoms with van der Waals surface area (Å²) >= 11 is 4.27. The van der Waals surface area contributed by atoms with Crippen LogP contribution in [0.15, 0.2) is 0 Å². The molecule has 0 heterocycles. The summed E-state index contributed by atoms with van der Waals surface area (Å²) in [6.45, 7) is 0.0216. The van der Waals surface area contributed by atoms with E-state index in [2.05, 4.69) is 12.6 Å². The molecule has 0 radical (unpaired) electrons. The molecule has 0 aliphatic heterocycles. The third-order valence-electron chi connectivity index (χ3n) is 2.53. The summed E-state index contributed by atoms with van der Waals surface area (Å²) in [5.41, 5.74) is 0. The molecule has 1 aliphatic carbocycles. The number of rotatable bonds is 3. The molecule has 1 fully saturated rings. The Balaban J connectivity index is 2.29. The number of thiol groups is 1. The van der Waals surface area contributed by atoms with Crippen LogP contribution in [0, 0.1) is 16.0 Å². The minimum absolute atomic E-state index is 0.0216. The van der Waals surface area contributed by atoms with Gasteiger partial charge in [-0.2, -0.15) is 12.6 Å². The Labute approximate surface area is 78.1 Å². The Hall–Kier alpha value is -0.250. The van der Waals surface area contributed by atoms with E-state index in [1.54, 1.807) is 0 Å². The van der Waals surface area contributed by atoms with Crippen molar-refractivity contribution in [3.63, 3.8) is 0 Å². The minimum Gasteiger partial charge on any atom is -0.265 e. The van der Waals surface area contributed by atoms with Gasteiger partial charge in [-0.25, -0.2) is 0 Å². The van der Waals surface area contributed by atoms with Gasteiger partial charge in [0.25, 0.3) is 0 Å². The quantitative estimate of drug-likeness (QED) is 0.420. The van der Waals surface area contributed by atoms with E-state index in [1.165, 1.54) is 19.3 Å². The molecule has 0 N–H and O–H groups in total. The summed E-state index contributed by atoms with van der Waals surface area (Å²) in [4.78, 5) is 9.95. The zero-order chi connectivity index (χ0) is 8.97. The highest BCUT2D eigenvalue weighted by molar-refractivity contribution is 7.81. The van der Waals surface area contributed by atoms with E-state index >= 15 is 0 Å². The Kier molecular flexibility index (Phi) is 3.85. The molecule has 3 nitrogen and oxygen atoms in total. The topological polar surface area (TPSA) is 43.1 Å². The van der Waals surface area contributed by atoms with E-state index in [0.717, 1.165) is 12.8 Å². The second-order valence-corrected chi connectivity index (χ2v) is 4.14. The van der Waals surface area contributed by atoms with Crippen molar-refractivity contribution in [2.24, 2.45) is 5.92 Å². The van der Waals surface area contributed by atoms with Crippen molar-refractivity contribution in [2.45, 2.75) is 37.4 Å². The van der Waals surface area contributed by atoms with Crippen molar-refractivity contribution in [3.8, 4) is 0 Å². The second-order valence-electron chi connectivity index (χ2n) is 3.48. The van der Waals surface area contributed by atoms with Gasteiger partial charge in [-0.1, -0.05) is 19.3 Å². The molecule has 70 valence electrons. The van der Waals surface area contributed by atoms with Crippen LogP contribution in [0.4, 0.5) is 0 Å². The lowest BCUT2D eigenvalue weighted by atomic mass is 9.87. The molecule has 1 atom stereocenters. The maximum absolute atomic E-state index is 10.2. The van der Waals surface area contributed by atoms with E-state index in [4.69, 9.17) is 0 Å². The van der Waals surface area contributed by atoms with Gasteiger partial charge >= 0.3 is 0 Å². The number of hydrogen-bond acceptors (Lipinski definition) is 3. The van der Waals surface area contributed by atoms with Crippen LogP contribution in [-0.4, -0.2) is 16.7 Å². The Bertz CT molecular complexity index is 157. The molecular formula is C8H15NO2S. The van der Waals surface area contributed by atoms with Crippen molar-refractivity contribution in [3.05, 3.63) is 10.1 Å². The van der Waals surface area contributed by atoms with Gasteiger partial charge in [0.05, 0.1) is 5.25 Å². The molecule has 1 rings (SSSR count). The highest BCUT2D eigenvalue weighted by atomic mass is 32.1. The first-order valence-electron chi connectivity index (χ1n) is 4.50. The lowest BCUT2D eigenvalue weighted by Crippen LogP contribution is -2.25. The summed E-state index contributed by atoms with van der Waals surface area (Å²) in [7, 11) is 0. The second kappa shape index (κ2) is 4.70. The molecular weight excluding hydrogens is 174 g/mol. The molecule has 1 aliphatic rings. The van der Waals surface area contributed by atoms with Gasteiger partial charge in [-0.05, 0) is 18.8 Å². The van der Waals surface area contributed by atoms with Crippen molar-refractivity contribution >= 4 is 12.6 Å². The third-order valence-corrected chi connectivity index (χ3v) is 3.12. The molecule has 0 spiro atoms. The van der Waals surface area contributed by atoms with Gasteiger partial charge in [0.1, 0.15) is 0 Å². The molecule has 0 saturated heterocycles. The smallest absolute Gasteiger partial charge is 0.215 e. The maximum Gasteiger partial charge on any atom is 0.215 e. The predicted molar refractivity (Wildman–Crippen MR) is 51.2 cm³/mol. The van der Waals surface area contributed by atoms with Crippen molar-refractivity contribution in [1.29, 1.82) is 0 Å². The van der Waals surface area contributed by atoms with Crippen LogP contribution in [0.1, 0.15) is 32.1 Å². The van der Waals surface area contributed by atoms with E-state index in [9.17, 15) is 10.1 Å². The molecule has 1 unspecified atom stereocenters. The SMILES string of the molecule is O=[N+]([O-])CC(S)C1CCCCC1. The Morgan fingerprint density at radius 2 is 2.00 bits per heavy atom. The molecule has 4 heteroatoms. The minimum atomic E-state index is -0.258. The van der Waals surface area contributed by atoms with Crippen LogP contribution >= 0.6 is 12.6 Å². The lowest BCUT2D eigenvalue weighted by Gasteiger charge is -2.24. The van der Waals surface area contributed by atoms with Crippen molar-refractivity contribution in [2.75, 3.05) is 6.54 Å². The molecule has 0 aromatic carbocycles. The zero-order valence-electron chi connectivity index (χ0n) is 7.11. The molecule has 1 saturated carbocycles. The van der Waals surface area contributed by atoms with Gasteiger partial charge in [0.15, 0.2) is 0 Å².